The van der Waals surface area contributed by atoms with E-state index in [4.69, 9.17) is 19.3 Å². The number of likely N-dealkylation sites (tertiary alicyclic amines) is 1. The second-order valence-corrected chi connectivity index (χ2v) is 8.90. The number of ether oxygens (including phenoxy) is 3. The van der Waals surface area contributed by atoms with Gasteiger partial charge in [0.25, 0.3) is 5.91 Å². The van der Waals surface area contributed by atoms with E-state index in [-0.39, 0.29) is 19.1 Å². The number of anilines is 1. The van der Waals surface area contributed by atoms with Crippen molar-refractivity contribution in [2.75, 3.05) is 44.9 Å². The zero-order valence-electron chi connectivity index (χ0n) is 19.3. The van der Waals surface area contributed by atoms with Crippen molar-refractivity contribution in [3.8, 4) is 17.2 Å². The first-order valence-electron chi connectivity index (χ1n) is 11.7. The number of nitrogens with zero attached hydrogens (tertiary/aromatic N) is 2. The fourth-order valence-electron chi connectivity index (χ4n) is 5.04. The van der Waals surface area contributed by atoms with E-state index in [0.29, 0.717) is 30.2 Å². The molecule has 0 aliphatic carbocycles. The summed E-state index contributed by atoms with van der Waals surface area (Å²) in [5, 5.41) is 18.5. The van der Waals surface area contributed by atoms with E-state index in [0.717, 1.165) is 37.2 Å². The zero-order valence-corrected chi connectivity index (χ0v) is 19.3. The van der Waals surface area contributed by atoms with Gasteiger partial charge >= 0.3 is 0 Å². The molecule has 2 aromatic carbocycles. The fraction of sp³-hybridized carbons (Fsp3) is 0.423. The van der Waals surface area contributed by atoms with Crippen LogP contribution < -0.4 is 19.1 Å². The number of benzene rings is 2. The number of aliphatic hydroxyl groups is 2. The molecule has 1 spiro atoms. The highest BCUT2D eigenvalue weighted by Gasteiger charge is 2.48. The van der Waals surface area contributed by atoms with Gasteiger partial charge in [0, 0.05) is 38.0 Å². The average Bonchev–Trinajstić information content (AvgIpc) is 3.39. The van der Waals surface area contributed by atoms with Gasteiger partial charge in [-0.05, 0) is 36.8 Å². The number of carbonyl (C=O) groups excluding carboxylic acids is 1. The van der Waals surface area contributed by atoms with E-state index in [9.17, 15) is 9.90 Å². The first-order valence-corrected chi connectivity index (χ1v) is 11.7. The van der Waals surface area contributed by atoms with Gasteiger partial charge in [-0.15, -0.1) is 0 Å². The van der Waals surface area contributed by atoms with Crippen molar-refractivity contribution in [3.05, 3.63) is 59.8 Å². The van der Waals surface area contributed by atoms with Crippen molar-refractivity contribution in [1.29, 1.82) is 0 Å². The molecule has 0 radical (unpaired) electrons. The molecule has 1 atom stereocenters. The Kier molecular flexibility index (Phi) is 6.10. The van der Waals surface area contributed by atoms with E-state index in [1.165, 1.54) is 12.8 Å². The lowest BCUT2D eigenvalue weighted by molar-refractivity contribution is 0.0230. The maximum atomic E-state index is 13.3. The highest BCUT2D eigenvalue weighted by molar-refractivity contribution is 5.95. The van der Waals surface area contributed by atoms with Crippen molar-refractivity contribution >= 4 is 11.6 Å². The Morgan fingerprint density at radius 2 is 1.94 bits per heavy atom. The minimum Gasteiger partial charge on any atom is -0.493 e. The standard InChI is InChI=1S/C26H30N2O6/c1-32-23-15-18(8-9-22(23)33-17-19(30)16-29)25(31)27-13-10-26(11-14-27)24-7-4-12-28(24)20-5-2-3-6-21(20)34-26/h2-3,5-9,15,19,29-30H,4,10-14,16-17H2,1H3. The van der Waals surface area contributed by atoms with Gasteiger partial charge in [-0.1, -0.05) is 18.2 Å². The number of amides is 1. The molecular weight excluding hydrogens is 436 g/mol. The Labute approximate surface area is 199 Å². The van der Waals surface area contributed by atoms with E-state index in [1.54, 1.807) is 18.2 Å². The number of hydrogen-bond donors (Lipinski definition) is 2. The second-order valence-electron chi connectivity index (χ2n) is 8.90. The Bertz CT molecular complexity index is 1090. The molecule has 0 aromatic heterocycles. The molecule has 34 heavy (non-hydrogen) atoms. The Balaban J connectivity index is 1.29. The third-order valence-electron chi connectivity index (χ3n) is 6.82. The summed E-state index contributed by atoms with van der Waals surface area (Å²) < 4.78 is 17.5. The highest BCUT2D eigenvalue weighted by atomic mass is 16.5. The topological polar surface area (TPSA) is 91.7 Å². The molecule has 1 fully saturated rings. The summed E-state index contributed by atoms with van der Waals surface area (Å²) >= 11 is 0. The van der Waals surface area contributed by atoms with Crippen LogP contribution in [0.15, 0.2) is 54.2 Å². The number of methoxy groups -OCH3 is 1. The molecule has 1 saturated heterocycles. The minimum absolute atomic E-state index is 0.0651. The van der Waals surface area contributed by atoms with Crippen LogP contribution in [0.4, 0.5) is 5.69 Å². The molecule has 2 N–H and O–H groups in total. The molecule has 180 valence electrons. The SMILES string of the molecule is COc1cc(C(=O)N2CCC3(CC2)Oc2ccccc2N2CCC=C23)ccc1OCC(O)CO. The zero-order chi connectivity index (χ0) is 23.7. The first-order chi connectivity index (χ1) is 16.5. The number of aliphatic hydroxyl groups excluding tert-OH is 2. The van der Waals surface area contributed by atoms with Crippen LogP contribution in [0.2, 0.25) is 0 Å². The normalized spacial score (nSPS) is 19.1. The molecule has 1 amide bonds. The Hall–Kier alpha value is -3.23. The number of piperidine rings is 1. The van der Waals surface area contributed by atoms with Crippen LogP contribution in [0.25, 0.3) is 0 Å². The van der Waals surface area contributed by atoms with Gasteiger partial charge in [-0.2, -0.15) is 0 Å². The van der Waals surface area contributed by atoms with Gasteiger partial charge in [-0.25, -0.2) is 0 Å². The van der Waals surface area contributed by atoms with Crippen molar-refractivity contribution in [1.82, 2.24) is 4.90 Å². The molecule has 1 unspecified atom stereocenters. The Morgan fingerprint density at radius 3 is 2.71 bits per heavy atom. The number of fused-ring (bicyclic) bond motifs is 4. The molecule has 0 bridgehead atoms. The summed E-state index contributed by atoms with van der Waals surface area (Å²) in [4.78, 5) is 17.5. The van der Waals surface area contributed by atoms with Crippen LogP contribution in [0.3, 0.4) is 0 Å². The van der Waals surface area contributed by atoms with Crippen molar-refractivity contribution in [2.45, 2.75) is 31.0 Å². The summed E-state index contributed by atoms with van der Waals surface area (Å²) in [6.07, 6.45) is 3.76. The molecule has 5 rings (SSSR count). The largest absolute Gasteiger partial charge is 0.493 e. The van der Waals surface area contributed by atoms with Crippen LogP contribution in [0, 0.1) is 0 Å². The van der Waals surface area contributed by atoms with Crippen LogP contribution in [0.5, 0.6) is 17.2 Å². The summed E-state index contributed by atoms with van der Waals surface area (Å²) in [5.41, 5.74) is 2.46. The van der Waals surface area contributed by atoms with E-state index in [1.807, 2.05) is 23.1 Å². The van der Waals surface area contributed by atoms with Crippen LogP contribution in [-0.4, -0.2) is 72.7 Å². The monoisotopic (exact) mass is 466 g/mol. The van der Waals surface area contributed by atoms with Gasteiger partial charge in [0.1, 0.15) is 18.5 Å². The molecule has 8 heteroatoms. The predicted octanol–water partition coefficient (Wildman–Crippen LogP) is 2.59. The van der Waals surface area contributed by atoms with Crippen LogP contribution in [0.1, 0.15) is 29.6 Å². The summed E-state index contributed by atoms with van der Waals surface area (Å²) in [6, 6.07) is 13.2. The average molecular weight is 467 g/mol. The van der Waals surface area contributed by atoms with Crippen LogP contribution in [-0.2, 0) is 0 Å². The number of carbonyl (C=O) groups is 1. The molecular formula is C26H30N2O6. The molecule has 2 aromatic rings. The molecule has 8 nitrogen and oxygen atoms in total. The highest BCUT2D eigenvalue weighted by Crippen LogP contribution is 2.48. The summed E-state index contributed by atoms with van der Waals surface area (Å²) in [6.45, 7) is 1.69. The molecule has 3 aliphatic heterocycles. The predicted molar refractivity (Wildman–Crippen MR) is 127 cm³/mol. The lowest BCUT2D eigenvalue weighted by atomic mass is 9.85. The smallest absolute Gasteiger partial charge is 0.253 e. The number of rotatable bonds is 6. The van der Waals surface area contributed by atoms with Gasteiger partial charge in [-0.3, -0.25) is 4.79 Å². The fourth-order valence-corrected chi connectivity index (χ4v) is 5.04. The van der Waals surface area contributed by atoms with Crippen molar-refractivity contribution in [2.24, 2.45) is 0 Å². The van der Waals surface area contributed by atoms with Crippen molar-refractivity contribution in [3.63, 3.8) is 0 Å². The first kappa shape index (κ1) is 22.6. The summed E-state index contributed by atoms with van der Waals surface area (Å²) in [7, 11) is 1.50. The minimum atomic E-state index is -0.980. The Morgan fingerprint density at radius 1 is 1.15 bits per heavy atom. The lowest BCUT2D eigenvalue weighted by Gasteiger charge is -2.48. The molecule has 3 aliphatic rings. The van der Waals surface area contributed by atoms with E-state index >= 15 is 0 Å². The lowest BCUT2D eigenvalue weighted by Crippen LogP contribution is -2.55. The number of para-hydroxylation sites is 2. The third kappa shape index (κ3) is 3.97. The maximum Gasteiger partial charge on any atom is 0.253 e. The second kappa shape index (κ2) is 9.19. The maximum absolute atomic E-state index is 13.3. The molecule has 0 saturated carbocycles. The van der Waals surface area contributed by atoms with Crippen LogP contribution >= 0.6 is 0 Å². The van der Waals surface area contributed by atoms with Gasteiger partial charge in [0.05, 0.1) is 25.1 Å². The van der Waals surface area contributed by atoms with E-state index < -0.39 is 11.7 Å². The van der Waals surface area contributed by atoms with Gasteiger partial charge in [0.15, 0.2) is 17.1 Å². The van der Waals surface area contributed by atoms with E-state index in [2.05, 4.69) is 17.0 Å². The molecule has 3 heterocycles. The van der Waals surface area contributed by atoms with Crippen molar-refractivity contribution < 1.29 is 29.2 Å². The van der Waals surface area contributed by atoms with Gasteiger partial charge < -0.3 is 34.2 Å². The number of hydrogen-bond acceptors (Lipinski definition) is 7. The third-order valence-corrected chi connectivity index (χ3v) is 6.82. The quantitative estimate of drug-likeness (QED) is 0.676. The summed E-state index contributed by atoms with van der Waals surface area (Å²) in [5.74, 6) is 1.66. The van der Waals surface area contributed by atoms with Gasteiger partial charge in [0.2, 0.25) is 0 Å².